The van der Waals surface area contributed by atoms with Crippen molar-refractivity contribution in [3.8, 4) is 17.0 Å². The maximum absolute atomic E-state index is 12.1. The highest BCUT2D eigenvalue weighted by Gasteiger charge is 2.09. The minimum Gasteiger partial charge on any atom is -0.493 e. The summed E-state index contributed by atoms with van der Waals surface area (Å²) in [5.74, 6) is 1.27. The van der Waals surface area contributed by atoms with Crippen LogP contribution < -0.4 is 16.0 Å². The van der Waals surface area contributed by atoms with Crippen LogP contribution in [0.4, 0.5) is 0 Å². The van der Waals surface area contributed by atoms with Gasteiger partial charge >= 0.3 is 0 Å². The van der Waals surface area contributed by atoms with E-state index in [2.05, 4.69) is 18.9 Å². The van der Waals surface area contributed by atoms with Gasteiger partial charge in [-0.15, -0.1) is 0 Å². The zero-order valence-corrected chi connectivity index (χ0v) is 13.4. The third-order valence-electron chi connectivity index (χ3n) is 3.28. The molecule has 1 aromatic carbocycles. The Morgan fingerprint density at radius 3 is 2.73 bits per heavy atom. The number of hydrogen-bond acceptors (Lipinski definition) is 4. The molecule has 0 fully saturated rings. The lowest BCUT2D eigenvalue weighted by Crippen LogP contribution is -2.27. The van der Waals surface area contributed by atoms with Gasteiger partial charge in [0.2, 0.25) is 0 Å². The lowest BCUT2D eigenvalue weighted by molar-refractivity contribution is 0.271. The molecule has 0 unspecified atom stereocenters. The van der Waals surface area contributed by atoms with Crippen LogP contribution >= 0.6 is 0 Å². The van der Waals surface area contributed by atoms with Gasteiger partial charge in [-0.1, -0.05) is 26.0 Å². The van der Waals surface area contributed by atoms with Gasteiger partial charge in [0.05, 0.1) is 12.3 Å². The topological polar surface area (TPSA) is 70.1 Å². The molecule has 1 aromatic heterocycles. The number of benzene rings is 1. The maximum atomic E-state index is 12.1. The van der Waals surface area contributed by atoms with E-state index in [1.54, 1.807) is 6.07 Å². The molecule has 118 valence electrons. The first-order valence-corrected chi connectivity index (χ1v) is 7.59. The Balaban J connectivity index is 2.39. The molecule has 0 radical (unpaired) electrons. The molecule has 5 nitrogen and oxygen atoms in total. The minimum atomic E-state index is -0.124. The number of rotatable bonds is 6. The van der Waals surface area contributed by atoms with Crippen molar-refractivity contribution >= 4 is 0 Å². The van der Waals surface area contributed by atoms with Crippen LogP contribution in [0.5, 0.6) is 5.75 Å². The number of hydrogen-bond donors (Lipinski definition) is 1. The summed E-state index contributed by atoms with van der Waals surface area (Å²) in [5, 5.41) is 4.40. The van der Waals surface area contributed by atoms with Crippen LogP contribution in [0.15, 0.2) is 35.1 Å². The van der Waals surface area contributed by atoms with E-state index < -0.39 is 0 Å². The van der Waals surface area contributed by atoms with E-state index in [9.17, 15) is 4.79 Å². The Morgan fingerprint density at radius 2 is 2.09 bits per heavy atom. The molecule has 2 N–H and O–H groups in total. The van der Waals surface area contributed by atoms with Crippen LogP contribution in [0.1, 0.15) is 26.3 Å². The van der Waals surface area contributed by atoms with Crippen LogP contribution in [-0.4, -0.2) is 16.4 Å². The Morgan fingerprint density at radius 1 is 1.32 bits per heavy atom. The second kappa shape index (κ2) is 7.22. The van der Waals surface area contributed by atoms with Gasteiger partial charge in [-0.05, 0) is 31.0 Å². The van der Waals surface area contributed by atoms with Crippen LogP contribution in [0.2, 0.25) is 0 Å². The van der Waals surface area contributed by atoms with Crippen molar-refractivity contribution in [2.75, 3.05) is 6.61 Å². The third kappa shape index (κ3) is 3.74. The molecular formula is C17H23N3O2. The quantitative estimate of drug-likeness (QED) is 0.889. The smallest absolute Gasteiger partial charge is 0.271 e. The molecule has 22 heavy (non-hydrogen) atoms. The Kier molecular flexibility index (Phi) is 5.33. The summed E-state index contributed by atoms with van der Waals surface area (Å²) in [4.78, 5) is 12.1. The van der Waals surface area contributed by atoms with Crippen LogP contribution in [0, 0.1) is 5.92 Å². The Labute approximate surface area is 130 Å². The summed E-state index contributed by atoms with van der Waals surface area (Å²) in [7, 11) is 0. The van der Waals surface area contributed by atoms with Crippen molar-refractivity contribution < 1.29 is 4.74 Å². The first-order valence-electron chi connectivity index (χ1n) is 7.59. The fourth-order valence-electron chi connectivity index (χ4n) is 2.11. The number of aryl methyl sites for hydroxylation is 1. The van der Waals surface area contributed by atoms with Crippen molar-refractivity contribution in [1.29, 1.82) is 0 Å². The average molecular weight is 301 g/mol. The second-order valence-electron chi connectivity index (χ2n) is 5.61. The third-order valence-corrected chi connectivity index (χ3v) is 3.28. The van der Waals surface area contributed by atoms with E-state index >= 15 is 0 Å². The Bertz CT molecular complexity index is 664. The average Bonchev–Trinajstić information content (AvgIpc) is 2.53. The molecule has 5 heteroatoms. The summed E-state index contributed by atoms with van der Waals surface area (Å²) < 4.78 is 7.19. The fourth-order valence-corrected chi connectivity index (χ4v) is 2.11. The number of nitrogens with two attached hydrogens (primary N) is 1. The van der Waals surface area contributed by atoms with Gasteiger partial charge in [0, 0.05) is 24.2 Å². The summed E-state index contributed by atoms with van der Waals surface area (Å²) >= 11 is 0. The van der Waals surface area contributed by atoms with Crippen molar-refractivity contribution in [2.24, 2.45) is 11.7 Å². The van der Waals surface area contributed by atoms with E-state index in [1.165, 1.54) is 4.68 Å². The van der Waals surface area contributed by atoms with Gasteiger partial charge in [-0.3, -0.25) is 4.79 Å². The molecule has 2 rings (SSSR count). The lowest BCUT2D eigenvalue weighted by Gasteiger charge is -2.11. The molecule has 1 heterocycles. The normalized spacial score (nSPS) is 11.0. The summed E-state index contributed by atoms with van der Waals surface area (Å²) in [6, 6.07) is 9.50. The molecule has 2 aromatic rings. The molecule has 0 atom stereocenters. The zero-order valence-electron chi connectivity index (χ0n) is 13.4. The Hall–Kier alpha value is -2.14. The highest BCUT2D eigenvalue weighted by atomic mass is 16.5. The van der Waals surface area contributed by atoms with Crippen LogP contribution in [-0.2, 0) is 13.1 Å². The van der Waals surface area contributed by atoms with E-state index in [-0.39, 0.29) is 12.1 Å². The van der Waals surface area contributed by atoms with Gasteiger partial charge in [0.25, 0.3) is 5.56 Å². The molecule has 0 aliphatic carbocycles. The van der Waals surface area contributed by atoms with Crippen molar-refractivity contribution in [2.45, 2.75) is 33.9 Å². The highest BCUT2D eigenvalue weighted by molar-refractivity contribution is 5.61. The summed E-state index contributed by atoms with van der Waals surface area (Å²) in [6.45, 7) is 7.49. The lowest BCUT2D eigenvalue weighted by atomic mass is 10.1. The predicted octanol–water partition coefficient (Wildman–Crippen LogP) is 2.42. The van der Waals surface area contributed by atoms with E-state index in [0.29, 0.717) is 24.6 Å². The molecule has 0 spiro atoms. The maximum Gasteiger partial charge on any atom is 0.271 e. The van der Waals surface area contributed by atoms with Gasteiger partial charge in [0.15, 0.2) is 0 Å². The first kappa shape index (κ1) is 16.2. The van der Waals surface area contributed by atoms with Crippen molar-refractivity contribution in [3.05, 3.63) is 46.2 Å². The molecule has 0 amide bonds. The molecule has 0 aliphatic heterocycles. The minimum absolute atomic E-state index is 0.124. The van der Waals surface area contributed by atoms with E-state index in [4.69, 9.17) is 10.5 Å². The van der Waals surface area contributed by atoms with E-state index in [1.807, 2.05) is 31.2 Å². The summed E-state index contributed by atoms with van der Waals surface area (Å²) in [6.07, 6.45) is 0. The van der Waals surface area contributed by atoms with E-state index in [0.717, 1.165) is 17.0 Å². The molecule has 0 saturated heterocycles. The highest BCUT2D eigenvalue weighted by Crippen LogP contribution is 2.22. The number of aromatic nitrogens is 2. The molecular weight excluding hydrogens is 278 g/mol. The monoisotopic (exact) mass is 301 g/mol. The van der Waals surface area contributed by atoms with Crippen molar-refractivity contribution in [3.63, 3.8) is 0 Å². The molecule has 0 bridgehead atoms. The fraction of sp³-hybridized carbons (Fsp3) is 0.412. The SMILES string of the molecule is CCn1nc(-c2cccc(OCC(C)C)c2)cc(CN)c1=O. The standard InChI is InChI=1S/C17H23N3O2/c1-4-20-17(21)14(10-18)9-16(19-20)13-6-5-7-15(8-13)22-11-12(2)3/h5-9,12H,4,10-11,18H2,1-3H3. The number of nitrogens with zero attached hydrogens (tertiary/aromatic N) is 2. The van der Waals surface area contributed by atoms with Crippen LogP contribution in [0.3, 0.4) is 0 Å². The van der Waals surface area contributed by atoms with Crippen LogP contribution in [0.25, 0.3) is 11.3 Å². The van der Waals surface area contributed by atoms with Crippen molar-refractivity contribution in [1.82, 2.24) is 9.78 Å². The van der Waals surface area contributed by atoms with Gasteiger partial charge in [-0.2, -0.15) is 5.10 Å². The molecule has 0 saturated carbocycles. The first-order chi connectivity index (χ1) is 10.5. The second-order valence-corrected chi connectivity index (χ2v) is 5.61. The predicted molar refractivity (Wildman–Crippen MR) is 87.8 cm³/mol. The molecule has 0 aliphatic rings. The zero-order chi connectivity index (χ0) is 16.1. The van der Waals surface area contributed by atoms with Gasteiger partial charge in [0.1, 0.15) is 5.75 Å². The number of ether oxygens (including phenoxy) is 1. The summed E-state index contributed by atoms with van der Waals surface area (Å²) in [5.41, 5.74) is 7.76. The largest absolute Gasteiger partial charge is 0.493 e. The van der Waals surface area contributed by atoms with Gasteiger partial charge < -0.3 is 10.5 Å². The van der Waals surface area contributed by atoms with Gasteiger partial charge in [-0.25, -0.2) is 4.68 Å².